The normalized spacial score (nSPS) is 12.0. The molecule has 3 aromatic rings. The summed E-state index contributed by atoms with van der Waals surface area (Å²) in [5.74, 6) is 0.770. The van der Waals surface area contributed by atoms with Crippen molar-refractivity contribution in [1.29, 1.82) is 0 Å². The lowest BCUT2D eigenvalue weighted by molar-refractivity contribution is -0.142. The molecule has 2 aromatic heterocycles. The van der Waals surface area contributed by atoms with Crippen LogP contribution in [-0.2, 0) is 21.5 Å². The molecule has 33 heavy (non-hydrogen) atoms. The zero-order chi connectivity index (χ0) is 24.4. The quantitative estimate of drug-likeness (QED) is 0.568. The van der Waals surface area contributed by atoms with Gasteiger partial charge in [-0.3, -0.25) is 9.59 Å². The van der Waals surface area contributed by atoms with Gasteiger partial charge in [-0.2, -0.15) is 5.10 Å². The number of anilines is 1. The van der Waals surface area contributed by atoms with Gasteiger partial charge in [0.1, 0.15) is 18.1 Å². The van der Waals surface area contributed by atoms with Gasteiger partial charge in [0, 0.05) is 16.9 Å². The Morgan fingerprint density at radius 1 is 1.06 bits per heavy atom. The van der Waals surface area contributed by atoms with Gasteiger partial charge >= 0.3 is 0 Å². The summed E-state index contributed by atoms with van der Waals surface area (Å²) < 4.78 is 7.18. The second kappa shape index (κ2) is 9.25. The lowest BCUT2D eigenvalue weighted by Crippen LogP contribution is -2.43. The zero-order valence-corrected chi connectivity index (χ0v) is 20.6. The molecule has 0 unspecified atom stereocenters. The van der Waals surface area contributed by atoms with E-state index in [-0.39, 0.29) is 30.3 Å². The number of para-hydroxylation sites is 1. The second-order valence-corrected chi connectivity index (χ2v) is 10.4. The maximum atomic E-state index is 13.1. The number of nitrogens with one attached hydrogen (secondary N) is 1. The Morgan fingerprint density at radius 3 is 2.33 bits per heavy atom. The van der Waals surface area contributed by atoms with Crippen LogP contribution >= 0.6 is 0 Å². The van der Waals surface area contributed by atoms with Crippen LogP contribution in [0.4, 0.5) is 5.82 Å². The van der Waals surface area contributed by atoms with Crippen molar-refractivity contribution in [1.82, 2.24) is 14.7 Å². The number of rotatable bonds is 6. The van der Waals surface area contributed by atoms with Gasteiger partial charge in [0.25, 0.3) is 0 Å². The molecule has 0 radical (unpaired) electrons. The Labute approximate surface area is 195 Å². The van der Waals surface area contributed by atoms with Crippen molar-refractivity contribution in [3.63, 3.8) is 0 Å². The molecule has 0 fully saturated rings. The molecular formula is C26H34N4O3. The predicted molar refractivity (Wildman–Crippen MR) is 129 cm³/mol. The highest BCUT2D eigenvalue weighted by molar-refractivity contribution is 5.95. The number of furan rings is 1. The highest BCUT2D eigenvalue weighted by atomic mass is 16.3. The van der Waals surface area contributed by atoms with E-state index in [2.05, 4.69) is 26.1 Å². The Bertz CT molecular complexity index is 1120. The summed E-state index contributed by atoms with van der Waals surface area (Å²) in [5.41, 5.74) is 1.97. The van der Waals surface area contributed by atoms with E-state index in [4.69, 9.17) is 9.52 Å². The predicted octanol–water partition coefficient (Wildman–Crippen LogP) is 5.08. The van der Waals surface area contributed by atoms with E-state index in [1.165, 1.54) is 4.90 Å². The lowest BCUT2D eigenvalue weighted by Gasteiger charge is -2.28. The monoisotopic (exact) mass is 450 g/mol. The van der Waals surface area contributed by atoms with Crippen molar-refractivity contribution < 1.29 is 14.0 Å². The highest BCUT2D eigenvalue weighted by Gasteiger charge is 2.30. The molecule has 3 rings (SSSR count). The number of aromatic nitrogens is 2. The second-order valence-electron chi connectivity index (χ2n) is 10.4. The first-order chi connectivity index (χ1) is 15.4. The number of benzene rings is 1. The van der Waals surface area contributed by atoms with Crippen molar-refractivity contribution in [3.8, 4) is 5.69 Å². The maximum Gasteiger partial charge on any atom is 0.245 e. The molecule has 0 saturated heterocycles. The molecule has 7 nitrogen and oxygen atoms in total. The number of hydrogen-bond acceptors (Lipinski definition) is 4. The molecule has 0 aliphatic heterocycles. The minimum absolute atomic E-state index is 0.0966. The van der Waals surface area contributed by atoms with Crippen LogP contribution in [0.3, 0.4) is 0 Å². The van der Waals surface area contributed by atoms with E-state index < -0.39 is 5.41 Å². The van der Waals surface area contributed by atoms with E-state index >= 15 is 0 Å². The molecule has 1 N–H and O–H groups in total. The fraction of sp³-hybridized carbons (Fsp3) is 0.423. The average molecular weight is 451 g/mol. The van der Waals surface area contributed by atoms with Crippen molar-refractivity contribution in [3.05, 3.63) is 65.7 Å². The average Bonchev–Trinajstić information content (AvgIpc) is 3.36. The molecule has 0 saturated carbocycles. The lowest BCUT2D eigenvalue weighted by atomic mass is 9.92. The van der Waals surface area contributed by atoms with Crippen LogP contribution in [0.2, 0.25) is 0 Å². The largest absolute Gasteiger partial charge is 0.467 e. The zero-order valence-electron chi connectivity index (χ0n) is 20.6. The molecule has 1 aromatic carbocycles. The van der Waals surface area contributed by atoms with Crippen molar-refractivity contribution in [2.24, 2.45) is 5.41 Å². The van der Waals surface area contributed by atoms with Crippen LogP contribution in [0, 0.1) is 12.3 Å². The number of hydrogen-bond donors (Lipinski definition) is 1. The van der Waals surface area contributed by atoms with Gasteiger partial charge in [-0.15, -0.1) is 0 Å². The van der Waals surface area contributed by atoms with Crippen LogP contribution in [0.25, 0.3) is 5.69 Å². The van der Waals surface area contributed by atoms with Crippen molar-refractivity contribution in [2.45, 2.75) is 60.4 Å². The van der Waals surface area contributed by atoms with E-state index in [0.29, 0.717) is 11.6 Å². The van der Waals surface area contributed by atoms with Crippen LogP contribution in [-0.4, -0.2) is 33.0 Å². The molecule has 0 atom stereocenters. The van der Waals surface area contributed by atoms with Gasteiger partial charge in [0.2, 0.25) is 11.8 Å². The van der Waals surface area contributed by atoms with Gasteiger partial charge in [0.15, 0.2) is 0 Å². The van der Waals surface area contributed by atoms with Crippen LogP contribution < -0.4 is 5.32 Å². The number of amides is 2. The van der Waals surface area contributed by atoms with Crippen molar-refractivity contribution in [2.75, 3.05) is 11.9 Å². The van der Waals surface area contributed by atoms with E-state index in [9.17, 15) is 9.59 Å². The molecule has 176 valence electrons. The number of nitrogens with zero attached hydrogens (tertiary/aromatic N) is 3. The summed E-state index contributed by atoms with van der Waals surface area (Å²) in [4.78, 5) is 27.7. The molecule has 0 spiro atoms. The first-order valence-electron chi connectivity index (χ1n) is 11.1. The third-order valence-corrected chi connectivity index (χ3v) is 5.28. The number of aryl methyl sites for hydroxylation is 1. The smallest absolute Gasteiger partial charge is 0.245 e. The summed E-state index contributed by atoms with van der Waals surface area (Å²) in [6.45, 7) is 13.9. The summed E-state index contributed by atoms with van der Waals surface area (Å²) >= 11 is 0. The Balaban J connectivity index is 1.89. The fourth-order valence-corrected chi connectivity index (χ4v) is 3.44. The van der Waals surface area contributed by atoms with E-state index in [1.807, 2.05) is 58.0 Å². The molecular weight excluding hydrogens is 416 g/mol. The van der Waals surface area contributed by atoms with E-state index in [1.54, 1.807) is 23.1 Å². The standard InChI is InChI=1S/C26H34N4O3/c1-18-11-8-9-13-20(18)30-22(15-21(28-30)25(2,3)4)27-23(31)17-29(24(32)26(5,6)7)16-19-12-10-14-33-19/h8-15H,16-17H2,1-7H3,(H,27,31). The fourth-order valence-electron chi connectivity index (χ4n) is 3.44. The van der Waals surface area contributed by atoms with Gasteiger partial charge in [0.05, 0.1) is 24.2 Å². The first-order valence-corrected chi connectivity index (χ1v) is 11.1. The van der Waals surface area contributed by atoms with Gasteiger partial charge in [-0.1, -0.05) is 59.7 Å². The molecule has 0 aliphatic rings. The van der Waals surface area contributed by atoms with Crippen LogP contribution in [0.1, 0.15) is 58.6 Å². The number of carbonyl (C=O) groups is 2. The van der Waals surface area contributed by atoms with Gasteiger partial charge in [-0.05, 0) is 30.7 Å². The minimum Gasteiger partial charge on any atom is -0.467 e. The van der Waals surface area contributed by atoms with Crippen molar-refractivity contribution >= 4 is 17.6 Å². The molecule has 0 aliphatic carbocycles. The summed E-state index contributed by atoms with van der Waals surface area (Å²) in [6, 6.07) is 13.3. The summed E-state index contributed by atoms with van der Waals surface area (Å²) in [6.07, 6.45) is 1.56. The Morgan fingerprint density at radius 2 is 1.76 bits per heavy atom. The SMILES string of the molecule is Cc1ccccc1-n1nc(C(C)(C)C)cc1NC(=O)CN(Cc1ccco1)C(=O)C(C)(C)C. The molecule has 2 amide bonds. The third-order valence-electron chi connectivity index (χ3n) is 5.28. The molecule has 7 heteroatoms. The first kappa shape index (κ1) is 24.3. The molecule has 0 bridgehead atoms. The Kier molecular flexibility index (Phi) is 6.81. The maximum absolute atomic E-state index is 13.1. The van der Waals surface area contributed by atoms with Gasteiger partial charge < -0.3 is 14.6 Å². The number of carbonyl (C=O) groups excluding carboxylic acids is 2. The van der Waals surface area contributed by atoms with Crippen LogP contribution in [0.5, 0.6) is 0 Å². The minimum atomic E-state index is -0.630. The third kappa shape index (κ3) is 5.92. The van der Waals surface area contributed by atoms with Crippen LogP contribution in [0.15, 0.2) is 53.1 Å². The summed E-state index contributed by atoms with van der Waals surface area (Å²) in [5, 5.41) is 7.77. The molecule has 2 heterocycles. The topological polar surface area (TPSA) is 80.4 Å². The van der Waals surface area contributed by atoms with E-state index in [0.717, 1.165) is 16.9 Å². The van der Waals surface area contributed by atoms with Gasteiger partial charge in [-0.25, -0.2) is 4.68 Å². The highest BCUT2D eigenvalue weighted by Crippen LogP contribution is 2.27. The summed E-state index contributed by atoms with van der Waals surface area (Å²) in [7, 11) is 0. The Hall–Kier alpha value is -3.35.